The summed E-state index contributed by atoms with van der Waals surface area (Å²) < 4.78 is 5.03. The minimum absolute atomic E-state index is 0. The summed E-state index contributed by atoms with van der Waals surface area (Å²) >= 11 is 0. The lowest BCUT2D eigenvalue weighted by Gasteiger charge is -2.36. The van der Waals surface area contributed by atoms with Gasteiger partial charge in [0, 0.05) is 23.6 Å². The molecule has 3 heteroatoms. The van der Waals surface area contributed by atoms with Crippen LogP contribution in [0.25, 0.3) is 0 Å². The normalized spacial score (nSPS) is 28.7. The Hall–Kier alpha value is -1.79. The molecule has 0 radical (unpaired) electrons. The maximum absolute atomic E-state index is 12.2. The lowest BCUT2D eigenvalue weighted by atomic mass is 9.77. The number of hydrogen-bond donors (Lipinski definition) is 1. The van der Waals surface area contributed by atoms with Crippen molar-refractivity contribution in [3.05, 3.63) is 35.4 Å². The van der Waals surface area contributed by atoms with Crippen LogP contribution in [-0.4, -0.2) is 25.2 Å². The van der Waals surface area contributed by atoms with E-state index >= 15 is 0 Å². The van der Waals surface area contributed by atoms with Crippen molar-refractivity contribution >= 4 is 5.97 Å². The van der Waals surface area contributed by atoms with E-state index in [9.17, 15) is 4.79 Å². The molecule has 0 amide bonds. The van der Waals surface area contributed by atoms with Crippen LogP contribution in [-0.2, 0) is 9.53 Å². The fraction of sp³-hybridized carbons (Fsp3) is 0.526. The van der Waals surface area contributed by atoms with E-state index in [1.165, 1.54) is 12.7 Å². The molecule has 0 aliphatic carbocycles. The number of methoxy groups -OCH3 is 1. The number of benzene rings is 1. The van der Waals surface area contributed by atoms with E-state index in [2.05, 4.69) is 23.4 Å². The van der Waals surface area contributed by atoms with Gasteiger partial charge >= 0.3 is 5.97 Å². The lowest BCUT2D eigenvalue weighted by molar-refractivity contribution is -0.148. The van der Waals surface area contributed by atoms with Crippen molar-refractivity contribution in [3.63, 3.8) is 0 Å². The lowest BCUT2D eigenvalue weighted by Crippen LogP contribution is -2.48. The highest BCUT2D eigenvalue weighted by molar-refractivity contribution is 5.75. The Bertz CT molecular complexity index is 544. The molecule has 120 valence electrons. The van der Waals surface area contributed by atoms with Crippen molar-refractivity contribution < 1.29 is 9.53 Å². The molecule has 1 aromatic rings. The zero-order valence-electron chi connectivity index (χ0n) is 11.6. The molecular weight excluding hydrogens is 274 g/mol. The van der Waals surface area contributed by atoms with E-state index in [0.717, 1.165) is 24.8 Å². The van der Waals surface area contributed by atoms with E-state index in [1.54, 1.807) is 0 Å². The molecule has 1 N–H and O–H groups in total. The van der Waals surface area contributed by atoms with E-state index in [1.807, 2.05) is 12.1 Å². The first-order valence-corrected chi connectivity index (χ1v) is 7.13. The molecule has 3 rings (SSSR count). The van der Waals surface area contributed by atoms with Gasteiger partial charge < -0.3 is 10.1 Å². The quantitative estimate of drug-likeness (QED) is 0.672. The van der Waals surface area contributed by atoms with Gasteiger partial charge in [0.25, 0.3) is 0 Å². The second-order valence-corrected chi connectivity index (χ2v) is 5.70. The minimum Gasteiger partial charge on any atom is -0.469 e. The second kappa shape index (κ2) is 7.47. The van der Waals surface area contributed by atoms with E-state index in [4.69, 9.17) is 11.2 Å². The van der Waals surface area contributed by atoms with Crippen LogP contribution in [0.1, 0.15) is 51.2 Å². The monoisotopic (exact) mass is 301 g/mol. The number of fused-ring (bicyclic) bond motifs is 2. The molecule has 2 aliphatic rings. The van der Waals surface area contributed by atoms with Crippen molar-refractivity contribution in [2.24, 2.45) is 5.92 Å². The smallest absolute Gasteiger partial charge is 0.310 e. The minimum atomic E-state index is -0.103. The number of carbonyl (C=O) groups is 1. The van der Waals surface area contributed by atoms with Crippen LogP contribution in [0.3, 0.4) is 0 Å². The molecule has 2 bridgehead atoms. The van der Waals surface area contributed by atoms with Crippen molar-refractivity contribution in [2.75, 3.05) is 7.11 Å². The summed E-state index contributed by atoms with van der Waals surface area (Å²) in [7, 11) is 1.47. The van der Waals surface area contributed by atoms with E-state index in [0.29, 0.717) is 6.04 Å². The molecule has 2 aliphatic heterocycles. The van der Waals surface area contributed by atoms with Gasteiger partial charge in [0.1, 0.15) is 0 Å². The van der Waals surface area contributed by atoms with Crippen LogP contribution in [0.4, 0.5) is 0 Å². The van der Waals surface area contributed by atoms with Gasteiger partial charge in [0.05, 0.1) is 13.0 Å². The summed E-state index contributed by atoms with van der Waals surface area (Å²) in [6.07, 6.45) is 8.60. The summed E-state index contributed by atoms with van der Waals surface area (Å²) in [6, 6.07) is 8.79. The summed E-state index contributed by atoms with van der Waals surface area (Å²) in [4.78, 5) is 12.2. The Kier molecular flexibility index (Phi) is 6.20. The van der Waals surface area contributed by atoms with Crippen molar-refractivity contribution in [2.45, 2.75) is 52.1 Å². The number of terminal acetylenes is 1. The van der Waals surface area contributed by atoms with Gasteiger partial charge in [-0.15, -0.1) is 6.42 Å². The maximum Gasteiger partial charge on any atom is 0.310 e. The highest BCUT2D eigenvalue weighted by Gasteiger charge is 2.46. The average Bonchev–Trinajstić information content (AvgIpc) is 2.88. The predicted molar refractivity (Wildman–Crippen MR) is 90.6 cm³/mol. The summed E-state index contributed by atoms with van der Waals surface area (Å²) in [5.41, 5.74) is 2.07. The molecular formula is C19H27NO2. The number of nitrogens with one attached hydrogen (secondary N) is 1. The number of rotatable bonds is 2. The maximum atomic E-state index is 12.2. The Labute approximate surface area is 134 Å². The number of hydrogen-bond acceptors (Lipinski definition) is 3. The highest BCUT2D eigenvalue weighted by atomic mass is 16.5. The van der Waals surface area contributed by atoms with Crippen LogP contribution >= 0.6 is 0 Å². The Morgan fingerprint density at radius 1 is 1.27 bits per heavy atom. The van der Waals surface area contributed by atoms with Crippen molar-refractivity contribution in [1.29, 1.82) is 0 Å². The molecule has 2 fully saturated rings. The zero-order chi connectivity index (χ0) is 14.1. The molecule has 0 spiro atoms. The number of piperidine rings is 1. The average molecular weight is 301 g/mol. The standard InChI is InChI=1S/C17H19NO2.2CH4/c1-3-11-4-6-12(7-5-11)14-10-13-8-9-15(18-13)16(14)17(19)20-2;;/h1,4-7,13-16,18H,8-10H2,2H3;2*1H4. The molecule has 4 unspecified atom stereocenters. The molecule has 3 nitrogen and oxygen atoms in total. The van der Waals surface area contributed by atoms with Gasteiger partial charge in [-0.2, -0.15) is 0 Å². The van der Waals surface area contributed by atoms with Gasteiger partial charge in [-0.05, 0) is 37.0 Å². The summed E-state index contributed by atoms with van der Waals surface area (Å²) in [5.74, 6) is 2.67. The first kappa shape index (κ1) is 18.3. The second-order valence-electron chi connectivity index (χ2n) is 5.70. The van der Waals surface area contributed by atoms with E-state index < -0.39 is 0 Å². The van der Waals surface area contributed by atoms with E-state index in [-0.39, 0.29) is 38.7 Å². The van der Waals surface area contributed by atoms with Gasteiger partial charge in [-0.3, -0.25) is 4.79 Å². The Morgan fingerprint density at radius 2 is 1.95 bits per heavy atom. The molecule has 2 heterocycles. The van der Waals surface area contributed by atoms with Crippen LogP contribution < -0.4 is 5.32 Å². The fourth-order valence-electron chi connectivity index (χ4n) is 3.69. The van der Waals surface area contributed by atoms with Crippen LogP contribution in [0.5, 0.6) is 0 Å². The van der Waals surface area contributed by atoms with Crippen LogP contribution in [0.2, 0.25) is 0 Å². The third kappa shape index (κ3) is 3.18. The van der Waals surface area contributed by atoms with Crippen LogP contribution in [0, 0.1) is 18.3 Å². The predicted octanol–water partition coefficient (Wildman–Crippen LogP) is 3.34. The van der Waals surface area contributed by atoms with Gasteiger partial charge in [0.2, 0.25) is 0 Å². The summed E-state index contributed by atoms with van der Waals surface area (Å²) in [6.45, 7) is 0. The molecule has 0 aromatic heterocycles. The van der Waals surface area contributed by atoms with Gasteiger partial charge in [-0.25, -0.2) is 0 Å². The number of ether oxygens (including phenoxy) is 1. The Morgan fingerprint density at radius 3 is 2.55 bits per heavy atom. The van der Waals surface area contributed by atoms with Gasteiger partial charge in [0.15, 0.2) is 0 Å². The largest absolute Gasteiger partial charge is 0.469 e. The third-order valence-corrected chi connectivity index (χ3v) is 4.66. The topological polar surface area (TPSA) is 38.3 Å². The molecule has 4 atom stereocenters. The zero-order valence-corrected chi connectivity index (χ0v) is 11.6. The SMILES string of the molecule is C.C.C#Cc1ccc(C2CC3CCC(N3)C2C(=O)OC)cc1. The van der Waals surface area contributed by atoms with Gasteiger partial charge in [-0.1, -0.05) is 32.9 Å². The Balaban J connectivity index is 0.00000121. The molecule has 1 aromatic carbocycles. The molecule has 0 saturated carbocycles. The molecule has 2 saturated heterocycles. The third-order valence-electron chi connectivity index (χ3n) is 4.66. The van der Waals surface area contributed by atoms with Crippen molar-refractivity contribution in [1.82, 2.24) is 5.32 Å². The first-order valence-electron chi connectivity index (χ1n) is 7.13. The van der Waals surface area contributed by atoms with Crippen molar-refractivity contribution in [3.8, 4) is 12.3 Å². The number of esters is 1. The highest BCUT2D eigenvalue weighted by Crippen LogP contribution is 2.42. The van der Waals surface area contributed by atoms with Crippen LogP contribution in [0.15, 0.2) is 24.3 Å². The fourth-order valence-corrected chi connectivity index (χ4v) is 3.69. The first-order chi connectivity index (χ1) is 9.72. The molecule has 22 heavy (non-hydrogen) atoms. The summed E-state index contributed by atoms with van der Waals surface area (Å²) in [5, 5.41) is 3.54. The number of carbonyl (C=O) groups excluding carboxylic acids is 1.